The number of hydrogen-bond acceptors (Lipinski definition) is 4. The molecule has 0 aliphatic rings. The summed E-state index contributed by atoms with van der Waals surface area (Å²) in [5, 5.41) is 26.7. The van der Waals surface area contributed by atoms with Crippen molar-refractivity contribution in [1.82, 2.24) is 14.9 Å². The largest absolute Gasteiger partial charge is 0.416 e. The van der Waals surface area contributed by atoms with Crippen molar-refractivity contribution in [2.24, 2.45) is 0 Å². The van der Waals surface area contributed by atoms with E-state index in [9.17, 15) is 10.5 Å². The van der Waals surface area contributed by atoms with E-state index in [1.807, 2.05) is 36.4 Å². The van der Waals surface area contributed by atoms with Gasteiger partial charge in [-0.05, 0) is 18.2 Å². The maximum absolute atomic E-state index is 9.42. The highest BCUT2D eigenvalue weighted by atomic mass is 16.6. The van der Waals surface area contributed by atoms with Gasteiger partial charge in [0.05, 0.1) is 28.0 Å². The number of benzene rings is 2. The van der Waals surface area contributed by atoms with Crippen LogP contribution in [0.5, 0.6) is 0 Å². The third kappa shape index (κ3) is 2.21. The van der Waals surface area contributed by atoms with E-state index < -0.39 is 0 Å². The number of aromatic nitrogens is 3. The van der Waals surface area contributed by atoms with Crippen LogP contribution in [0.4, 0.5) is 0 Å². The molecule has 6 nitrogen and oxygen atoms in total. The fraction of sp³-hybridized carbons (Fsp3) is 0.0500. The summed E-state index contributed by atoms with van der Waals surface area (Å²) in [5.74, 6) is 0. The first-order valence-electron chi connectivity index (χ1n) is 7.90. The van der Waals surface area contributed by atoms with Crippen molar-refractivity contribution in [3.8, 4) is 34.7 Å². The second kappa shape index (κ2) is 6.12. The normalized spacial score (nSPS) is 10.4. The van der Waals surface area contributed by atoms with Gasteiger partial charge in [-0.2, -0.15) is 20.4 Å². The Balaban J connectivity index is 2.20. The molecule has 6 heteroatoms. The molecule has 4 aromatic rings. The Morgan fingerprint density at radius 2 is 1.77 bits per heavy atom. The van der Waals surface area contributed by atoms with Crippen LogP contribution < -0.4 is 4.84 Å². The second-order valence-corrected chi connectivity index (χ2v) is 5.68. The SMILES string of the molecule is COn1c(-c2ccccc2)c(-c2ccn[nH]2)c2cc(C#N)c(C#N)cc21. The molecule has 2 aromatic carbocycles. The van der Waals surface area contributed by atoms with Crippen LogP contribution in [-0.4, -0.2) is 22.0 Å². The van der Waals surface area contributed by atoms with Crippen LogP contribution in [0.2, 0.25) is 0 Å². The van der Waals surface area contributed by atoms with E-state index in [4.69, 9.17) is 4.84 Å². The Morgan fingerprint density at radius 3 is 2.38 bits per heavy atom. The highest BCUT2D eigenvalue weighted by Gasteiger charge is 2.23. The lowest BCUT2D eigenvalue weighted by Crippen LogP contribution is -2.07. The maximum atomic E-state index is 9.42. The molecule has 0 saturated carbocycles. The van der Waals surface area contributed by atoms with E-state index in [1.54, 1.807) is 30.2 Å². The zero-order valence-corrected chi connectivity index (χ0v) is 13.9. The minimum absolute atomic E-state index is 0.312. The van der Waals surface area contributed by atoms with Crippen molar-refractivity contribution in [1.29, 1.82) is 10.5 Å². The molecule has 0 spiro atoms. The Kier molecular flexibility index (Phi) is 3.65. The lowest BCUT2D eigenvalue weighted by Gasteiger charge is -2.10. The minimum Gasteiger partial charge on any atom is -0.416 e. The summed E-state index contributed by atoms with van der Waals surface area (Å²) >= 11 is 0. The molecule has 1 N–H and O–H groups in total. The first-order valence-corrected chi connectivity index (χ1v) is 7.90. The molecule has 4 rings (SSSR count). The first-order chi connectivity index (χ1) is 12.8. The zero-order valence-electron chi connectivity index (χ0n) is 13.9. The van der Waals surface area contributed by atoms with Crippen LogP contribution >= 0.6 is 0 Å². The average molecular weight is 339 g/mol. The van der Waals surface area contributed by atoms with Crippen LogP contribution in [0.3, 0.4) is 0 Å². The van der Waals surface area contributed by atoms with Gasteiger partial charge in [-0.15, -0.1) is 0 Å². The van der Waals surface area contributed by atoms with Gasteiger partial charge < -0.3 is 4.84 Å². The number of rotatable bonds is 3. The van der Waals surface area contributed by atoms with Crippen molar-refractivity contribution in [3.63, 3.8) is 0 Å². The predicted octanol–water partition coefficient (Wildman–Crippen LogP) is 3.50. The van der Waals surface area contributed by atoms with Crippen molar-refractivity contribution < 1.29 is 4.84 Å². The lowest BCUT2D eigenvalue weighted by atomic mass is 10.00. The third-order valence-corrected chi connectivity index (χ3v) is 4.30. The molecule has 2 heterocycles. The quantitative estimate of drug-likeness (QED) is 0.618. The molecular weight excluding hydrogens is 326 g/mol. The van der Waals surface area contributed by atoms with Gasteiger partial charge in [0, 0.05) is 22.7 Å². The zero-order chi connectivity index (χ0) is 18.1. The Morgan fingerprint density at radius 1 is 1.04 bits per heavy atom. The van der Waals surface area contributed by atoms with Gasteiger partial charge in [0.2, 0.25) is 0 Å². The summed E-state index contributed by atoms with van der Waals surface area (Å²) in [6.07, 6.45) is 1.68. The molecule has 2 aromatic heterocycles. The summed E-state index contributed by atoms with van der Waals surface area (Å²) in [6, 6.07) is 19.3. The molecule has 26 heavy (non-hydrogen) atoms. The topological polar surface area (TPSA) is 90.4 Å². The molecule has 0 atom stereocenters. The van der Waals surface area contributed by atoms with E-state index in [-0.39, 0.29) is 0 Å². The third-order valence-electron chi connectivity index (χ3n) is 4.30. The predicted molar refractivity (Wildman–Crippen MR) is 96.9 cm³/mol. The summed E-state index contributed by atoms with van der Waals surface area (Å²) < 4.78 is 1.68. The Hall–Kier alpha value is -4.03. The van der Waals surface area contributed by atoms with Gasteiger partial charge in [-0.1, -0.05) is 30.3 Å². The fourth-order valence-electron chi connectivity index (χ4n) is 3.21. The van der Waals surface area contributed by atoms with Crippen LogP contribution in [-0.2, 0) is 0 Å². The van der Waals surface area contributed by atoms with Crippen LogP contribution in [0.15, 0.2) is 54.7 Å². The van der Waals surface area contributed by atoms with Crippen molar-refractivity contribution >= 4 is 10.9 Å². The number of hydrogen-bond donors (Lipinski definition) is 1. The lowest BCUT2D eigenvalue weighted by molar-refractivity contribution is 0.183. The van der Waals surface area contributed by atoms with Crippen molar-refractivity contribution in [2.45, 2.75) is 0 Å². The molecule has 0 unspecified atom stereocenters. The van der Waals surface area contributed by atoms with Crippen molar-refractivity contribution in [3.05, 3.63) is 65.9 Å². The molecule has 0 saturated heterocycles. The number of nitrogens with one attached hydrogen (secondary N) is 1. The number of aromatic amines is 1. The molecule has 124 valence electrons. The Bertz CT molecular complexity index is 1180. The monoisotopic (exact) mass is 339 g/mol. The summed E-state index contributed by atoms with van der Waals surface area (Å²) in [7, 11) is 1.58. The average Bonchev–Trinajstić information content (AvgIpc) is 3.32. The van der Waals surface area contributed by atoms with Crippen LogP contribution in [0.1, 0.15) is 11.1 Å². The molecule has 0 aliphatic carbocycles. The van der Waals surface area contributed by atoms with E-state index >= 15 is 0 Å². The standard InChI is InChI=1S/C20H13N5O/c1-26-25-18-10-15(12-22)14(11-21)9-16(18)19(17-7-8-23-24-17)20(25)13-5-3-2-4-6-13/h2-10H,1H3,(H,23,24). The molecule has 0 radical (unpaired) electrons. The van der Waals surface area contributed by atoms with E-state index in [0.29, 0.717) is 16.6 Å². The van der Waals surface area contributed by atoms with Gasteiger partial charge in [-0.3, -0.25) is 5.10 Å². The Labute approximate surface area is 149 Å². The number of nitrogens with zero attached hydrogens (tertiary/aromatic N) is 4. The van der Waals surface area contributed by atoms with Crippen molar-refractivity contribution in [2.75, 3.05) is 7.11 Å². The fourth-order valence-corrected chi connectivity index (χ4v) is 3.21. The summed E-state index contributed by atoms with van der Waals surface area (Å²) in [4.78, 5) is 5.65. The second-order valence-electron chi connectivity index (χ2n) is 5.68. The summed E-state index contributed by atoms with van der Waals surface area (Å²) in [6.45, 7) is 0. The summed E-state index contributed by atoms with van der Waals surface area (Å²) in [5.41, 5.74) is 4.80. The first kappa shape index (κ1) is 15.5. The number of fused-ring (bicyclic) bond motifs is 1. The van der Waals surface area contributed by atoms with Gasteiger partial charge in [-0.25, -0.2) is 0 Å². The molecule has 0 bridgehead atoms. The van der Waals surface area contributed by atoms with Crippen LogP contribution in [0.25, 0.3) is 33.4 Å². The molecule has 0 aliphatic heterocycles. The highest BCUT2D eigenvalue weighted by Crippen LogP contribution is 2.40. The van der Waals surface area contributed by atoms with Gasteiger partial charge in [0.25, 0.3) is 0 Å². The maximum Gasteiger partial charge on any atom is 0.104 e. The van der Waals surface area contributed by atoms with Gasteiger partial charge in [0.15, 0.2) is 0 Å². The van der Waals surface area contributed by atoms with Gasteiger partial charge >= 0.3 is 0 Å². The van der Waals surface area contributed by atoms with Gasteiger partial charge in [0.1, 0.15) is 19.2 Å². The van der Waals surface area contributed by atoms with E-state index in [2.05, 4.69) is 22.3 Å². The number of H-pyrrole nitrogens is 1. The van der Waals surface area contributed by atoms with E-state index in [0.717, 1.165) is 27.9 Å². The molecule has 0 fully saturated rings. The number of nitriles is 2. The van der Waals surface area contributed by atoms with Crippen LogP contribution in [0, 0.1) is 22.7 Å². The minimum atomic E-state index is 0.312. The molecule has 0 amide bonds. The highest BCUT2D eigenvalue weighted by molar-refractivity contribution is 6.04. The molecular formula is C20H13N5O. The van der Waals surface area contributed by atoms with E-state index in [1.165, 1.54) is 0 Å². The smallest absolute Gasteiger partial charge is 0.104 e.